The Morgan fingerprint density at radius 2 is 1.77 bits per heavy atom. The van der Waals surface area contributed by atoms with E-state index >= 15 is 0 Å². The lowest BCUT2D eigenvalue weighted by atomic mass is 10.0. The van der Waals surface area contributed by atoms with E-state index in [1.54, 1.807) is 12.1 Å². The summed E-state index contributed by atoms with van der Waals surface area (Å²) >= 11 is 0. The summed E-state index contributed by atoms with van der Waals surface area (Å²) in [6.45, 7) is 6.88. The molecule has 1 saturated heterocycles. The van der Waals surface area contributed by atoms with Crippen molar-refractivity contribution < 1.29 is 9.18 Å². The largest absolute Gasteiger partial charge is 0.350 e. The van der Waals surface area contributed by atoms with Gasteiger partial charge in [-0.25, -0.2) is 4.39 Å². The van der Waals surface area contributed by atoms with Crippen LogP contribution in [-0.2, 0) is 0 Å². The first-order chi connectivity index (χ1) is 12.5. The lowest BCUT2D eigenvalue weighted by Gasteiger charge is -2.25. The number of nitrogens with one attached hydrogen (secondary N) is 1. The maximum Gasteiger partial charge on any atom is 0.271 e. The average molecular weight is 350 g/mol. The number of carbonyl (C=O) groups is 1. The van der Waals surface area contributed by atoms with E-state index < -0.39 is 0 Å². The molecule has 0 spiro atoms. The molecule has 26 heavy (non-hydrogen) atoms. The van der Waals surface area contributed by atoms with E-state index in [1.807, 2.05) is 11.8 Å². The van der Waals surface area contributed by atoms with E-state index in [2.05, 4.69) is 31.0 Å². The first kappa shape index (κ1) is 16.8. The molecule has 1 aliphatic rings. The lowest BCUT2D eigenvalue weighted by molar-refractivity contribution is 0.0730. The molecule has 1 amide bonds. The first-order valence-corrected chi connectivity index (χ1v) is 9.12. The number of halogens is 1. The van der Waals surface area contributed by atoms with Crippen molar-refractivity contribution in [3.63, 3.8) is 0 Å². The van der Waals surface area contributed by atoms with Crippen LogP contribution in [0.25, 0.3) is 10.9 Å². The highest BCUT2D eigenvalue weighted by Crippen LogP contribution is 2.35. The molecule has 0 aliphatic carbocycles. The summed E-state index contributed by atoms with van der Waals surface area (Å²) in [5.74, 6) is -0.216. The van der Waals surface area contributed by atoms with Gasteiger partial charge in [-0.1, -0.05) is 24.3 Å². The molecular formula is C22H23FN2O. The Morgan fingerprint density at radius 1 is 1.08 bits per heavy atom. The molecule has 3 aromatic rings. The quantitative estimate of drug-likeness (QED) is 0.677. The number of hydrogen-bond acceptors (Lipinski definition) is 1. The van der Waals surface area contributed by atoms with Gasteiger partial charge >= 0.3 is 0 Å². The molecule has 0 unspecified atom stereocenters. The Bertz CT molecular complexity index is 988. The van der Waals surface area contributed by atoms with E-state index in [0.29, 0.717) is 5.69 Å². The van der Waals surface area contributed by atoms with Gasteiger partial charge in [0.2, 0.25) is 0 Å². The smallest absolute Gasteiger partial charge is 0.271 e. The predicted molar refractivity (Wildman–Crippen MR) is 102 cm³/mol. The highest BCUT2D eigenvalue weighted by atomic mass is 19.1. The van der Waals surface area contributed by atoms with Crippen LogP contribution in [0.4, 0.5) is 4.39 Å². The molecule has 1 atom stereocenters. The van der Waals surface area contributed by atoms with Crippen molar-refractivity contribution in [2.24, 2.45) is 0 Å². The second-order valence-corrected chi connectivity index (χ2v) is 7.28. The number of carbonyl (C=O) groups excluding carboxylic acids is 1. The maximum atomic E-state index is 13.3. The number of rotatable bonds is 2. The monoisotopic (exact) mass is 350 g/mol. The summed E-state index contributed by atoms with van der Waals surface area (Å²) in [7, 11) is 0. The molecule has 2 aromatic carbocycles. The Hall–Kier alpha value is -2.62. The van der Waals surface area contributed by atoms with Crippen LogP contribution in [0.2, 0.25) is 0 Å². The van der Waals surface area contributed by atoms with Crippen LogP contribution in [0.3, 0.4) is 0 Å². The summed E-state index contributed by atoms with van der Waals surface area (Å²) in [5, 5.41) is 1.14. The normalized spacial score (nSPS) is 17.2. The molecule has 2 heterocycles. The zero-order valence-corrected chi connectivity index (χ0v) is 15.4. The minimum atomic E-state index is -0.248. The van der Waals surface area contributed by atoms with Gasteiger partial charge in [-0.15, -0.1) is 0 Å². The van der Waals surface area contributed by atoms with Crippen LogP contribution in [0, 0.1) is 26.6 Å². The van der Waals surface area contributed by atoms with Crippen molar-refractivity contribution in [3.05, 3.63) is 70.2 Å². The van der Waals surface area contributed by atoms with E-state index in [4.69, 9.17) is 0 Å². The molecule has 1 fully saturated rings. The molecule has 4 heteroatoms. The van der Waals surface area contributed by atoms with E-state index in [1.165, 1.54) is 17.7 Å². The molecule has 1 aliphatic heterocycles. The molecule has 1 aromatic heterocycles. The fourth-order valence-corrected chi connectivity index (χ4v) is 4.20. The zero-order valence-electron chi connectivity index (χ0n) is 15.4. The SMILES string of the molecule is Cc1ccc(C)c2c(C)c(C(=O)N3CCC[C@@H]3c3ccc(F)cc3)[nH]c12. The average Bonchev–Trinajstić information content (AvgIpc) is 3.24. The molecule has 134 valence electrons. The topological polar surface area (TPSA) is 36.1 Å². The van der Waals surface area contributed by atoms with Crippen LogP contribution in [0.5, 0.6) is 0 Å². The third-order valence-corrected chi connectivity index (χ3v) is 5.60. The van der Waals surface area contributed by atoms with E-state index in [-0.39, 0.29) is 17.8 Å². The van der Waals surface area contributed by atoms with E-state index in [9.17, 15) is 9.18 Å². The Morgan fingerprint density at radius 3 is 2.46 bits per heavy atom. The molecule has 1 N–H and O–H groups in total. The number of aromatic nitrogens is 1. The van der Waals surface area contributed by atoms with Gasteiger partial charge in [0.15, 0.2) is 0 Å². The minimum Gasteiger partial charge on any atom is -0.350 e. The molecular weight excluding hydrogens is 327 g/mol. The number of nitrogens with zero attached hydrogens (tertiary/aromatic N) is 1. The van der Waals surface area contributed by atoms with Gasteiger partial charge in [-0.05, 0) is 68.0 Å². The number of amides is 1. The Kier molecular flexibility index (Phi) is 4.06. The summed E-state index contributed by atoms with van der Waals surface area (Å²) < 4.78 is 13.3. The van der Waals surface area contributed by atoms with Crippen molar-refractivity contribution in [1.29, 1.82) is 0 Å². The van der Waals surface area contributed by atoms with Gasteiger partial charge in [-0.3, -0.25) is 4.79 Å². The number of H-pyrrole nitrogens is 1. The zero-order chi connectivity index (χ0) is 18.4. The molecule has 0 radical (unpaired) electrons. The van der Waals surface area contributed by atoms with Crippen molar-refractivity contribution in [3.8, 4) is 0 Å². The highest BCUT2D eigenvalue weighted by Gasteiger charge is 2.32. The second-order valence-electron chi connectivity index (χ2n) is 7.28. The predicted octanol–water partition coefficient (Wildman–Crippen LogP) is 5.21. The van der Waals surface area contributed by atoms with Gasteiger partial charge in [0.05, 0.1) is 6.04 Å². The fraction of sp³-hybridized carbons (Fsp3) is 0.318. The number of benzene rings is 2. The fourth-order valence-electron chi connectivity index (χ4n) is 4.20. The molecule has 0 bridgehead atoms. The number of fused-ring (bicyclic) bond motifs is 1. The summed E-state index contributed by atoms with van der Waals surface area (Å²) in [5.41, 5.74) is 6.04. The van der Waals surface area contributed by atoms with Gasteiger partial charge in [0, 0.05) is 17.4 Å². The summed E-state index contributed by atoms with van der Waals surface area (Å²) in [6.07, 6.45) is 1.87. The standard InChI is InChI=1S/C22H23FN2O/c1-13-6-7-14(2)20-19(13)15(3)21(24-20)22(26)25-12-4-5-18(25)16-8-10-17(23)11-9-16/h6-11,18,24H,4-5,12H2,1-3H3/t18-/m1/s1. The molecule has 4 rings (SSSR count). The van der Waals surface area contributed by atoms with E-state index in [0.717, 1.165) is 47.0 Å². The van der Waals surface area contributed by atoms with Crippen molar-refractivity contribution in [2.45, 2.75) is 39.7 Å². The Balaban J connectivity index is 1.74. The molecule has 0 saturated carbocycles. The highest BCUT2D eigenvalue weighted by molar-refractivity contribution is 6.02. The van der Waals surface area contributed by atoms with Crippen LogP contribution in [0.1, 0.15) is 51.6 Å². The minimum absolute atomic E-state index is 0.0103. The van der Waals surface area contributed by atoms with Crippen LogP contribution >= 0.6 is 0 Å². The number of aromatic amines is 1. The van der Waals surface area contributed by atoms with Gasteiger partial charge in [0.1, 0.15) is 11.5 Å². The summed E-state index contributed by atoms with van der Waals surface area (Å²) in [6, 6.07) is 10.7. The third-order valence-electron chi connectivity index (χ3n) is 5.60. The number of aryl methyl sites for hydroxylation is 3. The van der Waals surface area contributed by atoms with Gasteiger partial charge in [-0.2, -0.15) is 0 Å². The van der Waals surface area contributed by atoms with Crippen LogP contribution in [0.15, 0.2) is 36.4 Å². The first-order valence-electron chi connectivity index (χ1n) is 9.12. The van der Waals surface area contributed by atoms with Crippen LogP contribution in [-0.4, -0.2) is 22.3 Å². The third kappa shape index (κ3) is 2.61. The van der Waals surface area contributed by atoms with Crippen molar-refractivity contribution >= 4 is 16.8 Å². The van der Waals surface area contributed by atoms with Gasteiger partial charge in [0.25, 0.3) is 5.91 Å². The van der Waals surface area contributed by atoms with Crippen LogP contribution < -0.4 is 0 Å². The number of hydrogen-bond donors (Lipinski definition) is 1. The summed E-state index contributed by atoms with van der Waals surface area (Å²) in [4.78, 5) is 18.6. The Labute approximate surface area is 152 Å². The number of likely N-dealkylation sites (tertiary alicyclic amines) is 1. The van der Waals surface area contributed by atoms with Crippen molar-refractivity contribution in [2.75, 3.05) is 6.54 Å². The maximum absolute atomic E-state index is 13.3. The van der Waals surface area contributed by atoms with Crippen molar-refractivity contribution in [1.82, 2.24) is 9.88 Å². The second kappa shape index (κ2) is 6.27. The molecule has 3 nitrogen and oxygen atoms in total. The van der Waals surface area contributed by atoms with Gasteiger partial charge < -0.3 is 9.88 Å². The lowest BCUT2D eigenvalue weighted by Crippen LogP contribution is -2.31.